The lowest BCUT2D eigenvalue weighted by molar-refractivity contribution is -0.138. The van der Waals surface area contributed by atoms with Gasteiger partial charge in [0.1, 0.15) is 5.82 Å². The average Bonchev–Trinajstić information content (AvgIpc) is 3.22. The van der Waals surface area contributed by atoms with Crippen LogP contribution in [0.15, 0.2) is 34.9 Å². The number of carbonyl (C=O) groups excluding carboxylic acids is 1. The van der Waals surface area contributed by atoms with Crippen molar-refractivity contribution in [1.29, 1.82) is 0 Å². The molecule has 2 heterocycles. The molecule has 1 aromatic carbocycles. The van der Waals surface area contributed by atoms with Gasteiger partial charge in [-0.3, -0.25) is 4.79 Å². The topological polar surface area (TPSA) is 80.9 Å². The minimum Gasteiger partial charge on any atom is -0.441 e. The molecule has 6 nitrogen and oxygen atoms in total. The van der Waals surface area contributed by atoms with E-state index in [1.165, 1.54) is 24.4 Å². The number of alkyl halides is 3. The molecule has 0 bridgehead atoms. The number of nitrogens with zero attached hydrogens (tertiary/aromatic N) is 3. The fourth-order valence-electron chi connectivity index (χ4n) is 2.00. The number of aryl methyl sites for hydroxylation is 1. The molecule has 0 fully saturated rings. The van der Waals surface area contributed by atoms with E-state index < -0.39 is 22.9 Å². The molecule has 1 amide bonds. The smallest absolute Gasteiger partial charge is 0.441 e. The lowest BCUT2D eigenvalue weighted by Gasteiger charge is -2.00. The molecule has 0 unspecified atom stereocenters. The van der Waals surface area contributed by atoms with E-state index >= 15 is 0 Å². The Balaban J connectivity index is 1.57. The fraction of sp³-hybridized carbons (Fsp3) is 0.200. The largest absolute Gasteiger partial charge is 0.445 e. The molecule has 0 spiro atoms. The maximum Gasteiger partial charge on any atom is 0.445 e. The third kappa shape index (κ3) is 4.23. The van der Waals surface area contributed by atoms with Crippen LogP contribution in [0.5, 0.6) is 0 Å². The predicted octanol–water partition coefficient (Wildman–Crippen LogP) is 3.92. The summed E-state index contributed by atoms with van der Waals surface area (Å²) >= 11 is 0.233. The molecule has 0 aliphatic carbocycles. The first kappa shape index (κ1) is 18.0. The van der Waals surface area contributed by atoms with Gasteiger partial charge in [-0.1, -0.05) is 23.5 Å². The van der Waals surface area contributed by atoms with E-state index in [-0.39, 0.29) is 46.5 Å². The van der Waals surface area contributed by atoms with Gasteiger partial charge in [-0.05, 0) is 12.1 Å². The van der Waals surface area contributed by atoms with Crippen LogP contribution in [-0.2, 0) is 17.4 Å². The Morgan fingerprint density at radius 3 is 2.69 bits per heavy atom. The molecular formula is C15H10F4N4O2S. The Bertz CT molecular complexity index is 922. The van der Waals surface area contributed by atoms with E-state index in [0.717, 1.165) is 0 Å². The summed E-state index contributed by atoms with van der Waals surface area (Å²) in [6, 6.07) is 5.99. The number of aromatic nitrogens is 3. The monoisotopic (exact) mass is 386 g/mol. The number of halogens is 4. The van der Waals surface area contributed by atoms with Gasteiger partial charge in [0.05, 0.1) is 11.8 Å². The van der Waals surface area contributed by atoms with Crippen LogP contribution in [0.3, 0.4) is 0 Å². The predicted molar refractivity (Wildman–Crippen MR) is 83.8 cm³/mol. The van der Waals surface area contributed by atoms with Gasteiger partial charge in [0.25, 0.3) is 0 Å². The summed E-state index contributed by atoms with van der Waals surface area (Å²) in [5, 5.41) is 7.07. The van der Waals surface area contributed by atoms with Gasteiger partial charge in [0.2, 0.25) is 16.0 Å². The van der Waals surface area contributed by atoms with Crippen molar-refractivity contribution < 1.29 is 26.8 Å². The first-order chi connectivity index (χ1) is 12.3. The minimum absolute atomic E-state index is 0.0885. The maximum atomic E-state index is 13.7. The molecule has 0 saturated carbocycles. The van der Waals surface area contributed by atoms with Crippen LogP contribution in [0.2, 0.25) is 0 Å². The lowest BCUT2D eigenvalue weighted by Crippen LogP contribution is -2.12. The fourth-order valence-corrected chi connectivity index (χ4v) is 2.63. The van der Waals surface area contributed by atoms with Crippen LogP contribution < -0.4 is 5.32 Å². The number of benzene rings is 1. The number of amides is 1. The quantitative estimate of drug-likeness (QED) is 0.672. The standard InChI is InChI=1S/C15H10F4N4O2S/c16-9-4-2-1-3-8(9)10-7-20-12(25-10)6-5-11(24)21-14-23-22-13(26-14)15(17,18)19/h1-4,7H,5-6H2,(H,21,23,24). The van der Waals surface area contributed by atoms with Gasteiger partial charge in [0, 0.05) is 12.8 Å². The van der Waals surface area contributed by atoms with Gasteiger partial charge in [0.15, 0.2) is 11.7 Å². The highest BCUT2D eigenvalue weighted by Crippen LogP contribution is 2.33. The molecule has 0 saturated heterocycles. The first-order valence-corrected chi connectivity index (χ1v) is 8.05. The Morgan fingerprint density at radius 1 is 1.23 bits per heavy atom. The van der Waals surface area contributed by atoms with Crippen molar-refractivity contribution in [3.63, 3.8) is 0 Å². The Hall–Kier alpha value is -2.82. The van der Waals surface area contributed by atoms with Crippen molar-refractivity contribution in [2.45, 2.75) is 19.0 Å². The van der Waals surface area contributed by atoms with E-state index in [0.29, 0.717) is 0 Å². The zero-order chi connectivity index (χ0) is 18.7. The number of hydrogen-bond donors (Lipinski definition) is 1. The Morgan fingerprint density at radius 2 is 2.00 bits per heavy atom. The van der Waals surface area contributed by atoms with Crippen molar-refractivity contribution in [3.05, 3.63) is 47.2 Å². The summed E-state index contributed by atoms with van der Waals surface area (Å²) < 4.78 is 56.4. The zero-order valence-corrected chi connectivity index (χ0v) is 13.7. The average molecular weight is 386 g/mol. The highest BCUT2D eigenvalue weighted by molar-refractivity contribution is 7.15. The van der Waals surface area contributed by atoms with Gasteiger partial charge in [-0.25, -0.2) is 9.37 Å². The summed E-state index contributed by atoms with van der Waals surface area (Å²) in [4.78, 5) is 15.8. The van der Waals surface area contributed by atoms with Crippen molar-refractivity contribution in [2.24, 2.45) is 0 Å². The number of rotatable bonds is 5. The lowest BCUT2D eigenvalue weighted by atomic mass is 10.2. The summed E-state index contributed by atoms with van der Waals surface area (Å²) in [6.07, 6.45) is -3.28. The molecular weight excluding hydrogens is 376 g/mol. The molecule has 0 aliphatic rings. The van der Waals surface area contributed by atoms with E-state index in [2.05, 4.69) is 20.5 Å². The third-order valence-electron chi connectivity index (χ3n) is 3.17. The van der Waals surface area contributed by atoms with Gasteiger partial charge >= 0.3 is 6.18 Å². The molecule has 2 aromatic heterocycles. The number of carbonyl (C=O) groups is 1. The molecule has 3 rings (SSSR count). The van der Waals surface area contributed by atoms with Crippen LogP contribution in [-0.4, -0.2) is 21.1 Å². The second-order valence-corrected chi connectivity index (χ2v) is 6.03. The number of anilines is 1. The Labute approximate surface area is 147 Å². The molecule has 11 heteroatoms. The molecule has 0 atom stereocenters. The maximum absolute atomic E-state index is 13.7. The normalized spacial score (nSPS) is 11.5. The Kier molecular flexibility index (Phi) is 4.98. The summed E-state index contributed by atoms with van der Waals surface area (Å²) in [6.45, 7) is 0. The number of hydrogen-bond acceptors (Lipinski definition) is 6. The summed E-state index contributed by atoms with van der Waals surface area (Å²) in [7, 11) is 0. The summed E-state index contributed by atoms with van der Waals surface area (Å²) in [5.74, 6) is -0.616. The van der Waals surface area contributed by atoms with E-state index in [9.17, 15) is 22.4 Å². The van der Waals surface area contributed by atoms with Crippen molar-refractivity contribution in [3.8, 4) is 11.3 Å². The SMILES string of the molecule is O=C(CCc1ncc(-c2ccccc2F)o1)Nc1nnc(C(F)(F)F)s1. The van der Waals surface area contributed by atoms with Crippen LogP contribution in [0.25, 0.3) is 11.3 Å². The number of oxazole rings is 1. The molecule has 26 heavy (non-hydrogen) atoms. The van der Waals surface area contributed by atoms with E-state index in [4.69, 9.17) is 4.42 Å². The molecule has 3 aromatic rings. The molecule has 0 radical (unpaired) electrons. The molecule has 1 N–H and O–H groups in total. The van der Waals surface area contributed by atoms with Gasteiger partial charge in [-0.2, -0.15) is 13.2 Å². The van der Waals surface area contributed by atoms with E-state index in [1.54, 1.807) is 6.07 Å². The summed E-state index contributed by atoms with van der Waals surface area (Å²) in [5.41, 5.74) is 0.240. The van der Waals surface area contributed by atoms with Gasteiger partial charge in [-0.15, -0.1) is 10.2 Å². The third-order valence-corrected chi connectivity index (χ3v) is 4.06. The second kappa shape index (κ2) is 7.20. The van der Waals surface area contributed by atoms with Crippen molar-refractivity contribution in [2.75, 3.05) is 5.32 Å². The minimum atomic E-state index is -4.61. The van der Waals surface area contributed by atoms with Crippen LogP contribution >= 0.6 is 11.3 Å². The number of nitrogens with one attached hydrogen (secondary N) is 1. The van der Waals surface area contributed by atoms with Crippen LogP contribution in [0.4, 0.5) is 22.7 Å². The van der Waals surface area contributed by atoms with Crippen LogP contribution in [0.1, 0.15) is 17.3 Å². The molecule has 0 aliphatic heterocycles. The van der Waals surface area contributed by atoms with Gasteiger partial charge < -0.3 is 9.73 Å². The van der Waals surface area contributed by atoms with Crippen LogP contribution in [0, 0.1) is 5.82 Å². The molecule has 136 valence electrons. The highest BCUT2D eigenvalue weighted by Gasteiger charge is 2.35. The highest BCUT2D eigenvalue weighted by atomic mass is 32.1. The first-order valence-electron chi connectivity index (χ1n) is 7.23. The second-order valence-electron chi connectivity index (χ2n) is 5.06. The van der Waals surface area contributed by atoms with E-state index in [1.807, 2.05) is 0 Å². The zero-order valence-electron chi connectivity index (χ0n) is 12.9. The van der Waals surface area contributed by atoms with Crippen molar-refractivity contribution >= 4 is 22.4 Å². The van der Waals surface area contributed by atoms with Crippen molar-refractivity contribution in [1.82, 2.24) is 15.2 Å².